The normalized spacial score (nSPS) is 23.2. The summed E-state index contributed by atoms with van der Waals surface area (Å²) in [7, 11) is 3.02. The van der Waals surface area contributed by atoms with Crippen LogP contribution in [-0.2, 0) is 4.79 Å². The highest BCUT2D eigenvalue weighted by Gasteiger charge is 2.44. The van der Waals surface area contributed by atoms with Gasteiger partial charge in [0.05, 0.1) is 11.1 Å². The number of hydroxylamine groups is 2. The van der Waals surface area contributed by atoms with Crippen LogP contribution in [0.2, 0.25) is 0 Å². The molecular formula is C12H22N2O3S2. The van der Waals surface area contributed by atoms with Gasteiger partial charge in [-0.1, -0.05) is 27.7 Å². The molecule has 19 heavy (non-hydrogen) atoms. The lowest BCUT2D eigenvalue weighted by Crippen LogP contribution is -2.48. The van der Waals surface area contributed by atoms with E-state index in [1.54, 1.807) is 10.8 Å². The average molecular weight is 306 g/mol. The van der Waals surface area contributed by atoms with Gasteiger partial charge in [0, 0.05) is 11.5 Å². The van der Waals surface area contributed by atoms with Crippen LogP contribution >= 0.6 is 21.6 Å². The Morgan fingerprint density at radius 1 is 1.42 bits per heavy atom. The summed E-state index contributed by atoms with van der Waals surface area (Å²) in [6.45, 7) is 7.86. The van der Waals surface area contributed by atoms with Gasteiger partial charge in [-0.05, 0) is 33.3 Å². The molecule has 0 amide bonds. The molecular weight excluding hydrogens is 284 g/mol. The third-order valence-corrected chi connectivity index (χ3v) is 5.60. The average Bonchev–Trinajstić information content (AvgIpc) is 2.45. The molecule has 1 rings (SSSR count). The second-order valence-corrected chi connectivity index (χ2v) is 8.19. The predicted octanol–water partition coefficient (Wildman–Crippen LogP) is 1.97. The van der Waals surface area contributed by atoms with Gasteiger partial charge in [-0.3, -0.25) is 4.79 Å². The number of hydrogen-bond acceptors (Lipinski definition) is 6. The molecule has 5 nitrogen and oxygen atoms in total. The van der Waals surface area contributed by atoms with E-state index in [1.165, 1.54) is 15.9 Å². The molecule has 7 heteroatoms. The molecule has 0 aliphatic carbocycles. The molecule has 0 bridgehead atoms. The van der Waals surface area contributed by atoms with Crippen LogP contribution in [0, 0.1) is 0 Å². The van der Waals surface area contributed by atoms with Gasteiger partial charge in [-0.15, -0.1) is 0 Å². The number of carboxylic acid groups (broad SMARTS) is 1. The maximum atomic E-state index is 10.6. The van der Waals surface area contributed by atoms with Gasteiger partial charge in [0.2, 0.25) is 0 Å². The summed E-state index contributed by atoms with van der Waals surface area (Å²) < 4.78 is 0. The highest BCUT2D eigenvalue weighted by atomic mass is 33.1. The van der Waals surface area contributed by atoms with Crippen LogP contribution in [0.15, 0.2) is 11.6 Å². The molecule has 0 saturated carbocycles. The van der Waals surface area contributed by atoms with E-state index in [9.17, 15) is 10.0 Å². The van der Waals surface area contributed by atoms with E-state index in [2.05, 4.69) is 6.08 Å². The van der Waals surface area contributed by atoms with E-state index < -0.39 is 17.6 Å². The van der Waals surface area contributed by atoms with Crippen molar-refractivity contribution in [1.82, 2.24) is 5.06 Å². The van der Waals surface area contributed by atoms with Gasteiger partial charge >= 0.3 is 5.97 Å². The Balaban J connectivity index is 2.48. The second kappa shape index (κ2) is 6.05. The largest absolute Gasteiger partial charge is 0.480 e. The third kappa shape index (κ3) is 3.88. The Labute approximate surface area is 122 Å². The van der Waals surface area contributed by atoms with Crippen molar-refractivity contribution in [2.75, 3.05) is 11.5 Å². The fraction of sp³-hybridized carbons (Fsp3) is 0.750. The molecule has 1 aliphatic heterocycles. The van der Waals surface area contributed by atoms with Crippen molar-refractivity contribution in [1.29, 1.82) is 0 Å². The summed E-state index contributed by atoms with van der Waals surface area (Å²) in [5.74, 6) is 0.140. The van der Waals surface area contributed by atoms with Crippen molar-refractivity contribution < 1.29 is 15.1 Å². The summed E-state index contributed by atoms with van der Waals surface area (Å²) in [5.41, 5.74) is 5.80. The topological polar surface area (TPSA) is 86.8 Å². The highest BCUT2D eigenvalue weighted by Crippen LogP contribution is 2.41. The fourth-order valence-corrected chi connectivity index (χ4v) is 4.43. The molecule has 0 radical (unpaired) electrons. The van der Waals surface area contributed by atoms with E-state index in [-0.39, 0.29) is 5.54 Å². The number of nitrogens with two attached hydrogens (primary N) is 1. The van der Waals surface area contributed by atoms with Crippen molar-refractivity contribution in [3.63, 3.8) is 0 Å². The third-order valence-electron chi connectivity index (χ3n) is 3.25. The summed E-state index contributed by atoms with van der Waals surface area (Å²) >= 11 is 0. The SMILES string of the molecule is CC1(C)C=C(CSSC[C@H](N)C(=O)O)C(C)(C)N1O. The fourth-order valence-electron chi connectivity index (χ4n) is 2.04. The molecule has 1 heterocycles. The molecule has 4 N–H and O–H groups in total. The van der Waals surface area contributed by atoms with Crippen LogP contribution in [-0.4, -0.2) is 50.0 Å². The lowest BCUT2D eigenvalue weighted by molar-refractivity contribution is -0.185. The van der Waals surface area contributed by atoms with Gasteiger partial charge < -0.3 is 16.0 Å². The zero-order valence-electron chi connectivity index (χ0n) is 11.7. The minimum atomic E-state index is -0.976. The Kier molecular flexibility index (Phi) is 5.36. The van der Waals surface area contributed by atoms with Crippen LogP contribution in [0.5, 0.6) is 0 Å². The first-order valence-electron chi connectivity index (χ1n) is 6.03. The first kappa shape index (κ1) is 16.8. The summed E-state index contributed by atoms with van der Waals surface area (Å²) in [6.07, 6.45) is 2.07. The molecule has 0 aromatic rings. The lowest BCUT2D eigenvalue weighted by Gasteiger charge is -2.36. The van der Waals surface area contributed by atoms with Crippen LogP contribution < -0.4 is 5.73 Å². The molecule has 0 unspecified atom stereocenters. The molecule has 0 spiro atoms. The number of aliphatic carboxylic acids is 1. The van der Waals surface area contributed by atoms with Gasteiger partial charge in [0.15, 0.2) is 0 Å². The Bertz CT molecular complexity index is 383. The summed E-state index contributed by atoms with van der Waals surface area (Å²) in [4.78, 5) is 10.6. The first-order chi connectivity index (χ1) is 8.59. The molecule has 0 saturated heterocycles. The van der Waals surface area contributed by atoms with Crippen molar-refractivity contribution in [3.8, 4) is 0 Å². The summed E-state index contributed by atoms with van der Waals surface area (Å²) in [6, 6.07) is -0.825. The Morgan fingerprint density at radius 2 is 2.00 bits per heavy atom. The van der Waals surface area contributed by atoms with Gasteiger partial charge in [0.1, 0.15) is 6.04 Å². The maximum Gasteiger partial charge on any atom is 0.321 e. The second-order valence-electron chi connectivity index (χ2n) is 5.69. The predicted molar refractivity (Wildman–Crippen MR) is 80.4 cm³/mol. The number of carboxylic acids is 1. The van der Waals surface area contributed by atoms with Crippen molar-refractivity contribution in [2.45, 2.75) is 44.8 Å². The number of carbonyl (C=O) groups is 1. The summed E-state index contributed by atoms with van der Waals surface area (Å²) in [5, 5.41) is 20.2. The van der Waals surface area contributed by atoms with Gasteiger partial charge in [-0.25, -0.2) is 0 Å². The van der Waals surface area contributed by atoms with E-state index in [0.29, 0.717) is 5.75 Å². The monoisotopic (exact) mass is 306 g/mol. The lowest BCUT2D eigenvalue weighted by atomic mass is 9.98. The van der Waals surface area contributed by atoms with Crippen LogP contribution in [0.3, 0.4) is 0 Å². The van der Waals surface area contributed by atoms with Crippen LogP contribution in [0.25, 0.3) is 0 Å². The van der Waals surface area contributed by atoms with E-state index in [4.69, 9.17) is 10.8 Å². The van der Waals surface area contributed by atoms with E-state index in [0.717, 1.165) is 11.3 Å². The Hall–Kier alpha value is -0.210. The molecule has 1 atom stereocenters. The Morgan fingerprint density at radius 3 is 2.42 bits per heavy atom. The number of hydrogen-bond donors (Lipinski definition) is 3. The van der Waals surface area contributed by atoms with E-state index >= 15 is 0 Å². The minimum Gasteiger partial charge on any atom is -0.480 e. The smallest absolute Gasteiger partial charge is 0.321 e. The number of rotatable bonds is 6. The maximum absolute atomic E-state index is 10.6. The van der Waals surface area contributed by atoms with Crippen LogP contribution in [0.1, 0.15) is 27.7 Å². The van der Waals surface area contributed by atoms with Crippen molar-refractivity contribution >= 4 is 27.6 Å². The highest BCUT2D eigenvalue weighted by molar-refractivity contribution is 8.76. The van der Waals surface area contributed by atoms with Crippen LogP contribution in [0.4, 0.5) is 0 Å². The zero-order chi connectivity index (χ0) is 14.8. The quantitative estimate of drug-likeness (QED) is 0.393. The molecule has 1 aliphatic rings. The number of nitrogens with zero attached hydrogens (tertiary/aromatic N) is 1. The van der Waals surface area contributed by atoms with Crippen molar-refractivity contribution in [2.24, 2.45) is 5.73 Å². The van der Waals surface area contributed by atoms with Gasteiger partial charge in [-0.2, -0.15) is 5.06 Å². The minimum absolute atomic E-state index is 0.373. The van der Waals surface area contributed by atoms with E-state index in [1.807, 2.05) is 27.7 Å². The standard InChI is InChI=1S/C12H22N2O3S2/c1-11(2)5-8(12(3,4)14(11)17)6-18-19-7-9(13)10(15)16/h5,9,17H,6-7,13H2,1-4H3,(H,15,16)/t9-/m0/s1. The first-order valence-corrected chi connectivity index (χ1v) is 8.52. The molecule has 110 valence electrons. The molecule has 0 fully saturated rings. The molecule has 0 aromatic carbocycles. The van der Waals surface area contributed by atoms with Gasteiger partial charge in [0.25, 0.3) is 0 Å². The van der Waals surface area contributed by atoms with Crippen molar-refractivity contribution in [3.05, 3.63) is 11.6 Å². The molecule has 0 aromatic heterocycles. The zero-order valence-corrected chi connectivity index (χ0v) is 13.3.